The summed E-state index contributed by atoms with van der Waals surface area (Å²) in [6.07, 6.45) is 3.43. The van der Waals surface area contributed by atoms with Crippen LogP contribution in [0.2, 0.25) is 0 Å². The predicted octanol–water partition coefficient (Wildman–Crippen LogP) is -0.467. The highest BCUT2D eigenvalue weighted by molar-refractivity contribution is 5.75. The number of carbonyl (C=O) groups excluding carboxylic acids is 1. The molecule has 0 bridgehead atoms. The van der Waals surface area contributed by atoms with Crippen LogP contribution in [0, 0.1) is 5.92 Å². The lowest BCUT2D eigenvalue weighted by Crippen LogP contribution is -2.39. The summed E-state index contributed by atoms with van der Waals surface area (Å²) < 4.78 is 0. The van der Waals surface area contributed by atoms with Crippen LogP contribution in [-0.2, 0) is 4.79 Å². The molecular formula is C9H19N3O. The molecule has 1 rings (SSSR count). The van der Waals surface area contributed by atoms with E-state index >= 15 is 0 Å². The number of amides is 1. The molecule has 4 nitrogen and oxygen atoms in total. The maximum absolute atomic E-state index is 10.6. The highest BCUT2D eigenvalue weighted by Gasteiger charge is 2.18. The van der Waals surface area contributed by atoms with Gasteiger partial charge in [-0.15, -0.1) is 0 Å². The number of nitrogens with two attached hydrogens (primary N) is 2. The van der Waals surface area contributed by atoms with Crippen molar-refractivity contribution >= 4 is 5.91 Å². The van der Waals surface area contributed by atoms with E-state index in [1.807, 2.05) is 0 Å². The number of hydrogen-bond acceptors (Lipinski definition) is 3. The van der Waals surface area contributed by atoms with E-state index in [2.05, 4.69) is 4.90 Å². The van der Waals surface area contributed by atoms with Crippen molar-refractivity contribution in [3.63, 3.8) is 0 Å². The molecule has 0 aromatic heterocycles. The number of hydrogen-bond donors (Lipinski definition) is 2. The van der Waals surface area contributed by atoms with E-state index in [-0.39, 0.29) is 5.91 Å². The first-order chi connectivity index (χ1) is 6.22. The van der Waals surface area contributed by atoms with Gasteiger partial charge in [-0.2, -0.15) is 0 Å². The van der Waals surface area contributed by atoms with Gasteiger partial charge in [-0.25, -0.2) is 0 Å². The Hall–Kier alpha value is -0.610. The molecule has 13 heavy (non-hydrogen) atoms. The molecule has 0 spiro atoms. The second-order valence-electron chi connectivity index (χ2n) is 3.76. The Morgan fingerprint density at radius 1 is 1.38 bits per heavy atom. The Morgan fingerprint density at radius 3 is 2.46 bits per heavy atom. The van der Waals surface area contributed by atoms with Crippen LogP contribution in [0.25, 0.3) is 0 Å². The topological polar surface area (TPSA) is 72.3 Å². The first-order valence-electron chi connectivity index (χ1n) is 4.93. The van der Waals surface area contributed by atoms with Crippen molar-refractivity contribution in [1.29, 1.82) is 0 Å². The number of rotatable bonds is 4. The van der Waals surface area contributed by atoms with Crippen molar-refractivity contribution < 1.29 is 4.79 Å². The van der Waals surface area contributed by atoms with Gasteiger partial charge in [0.2, 0.25) is 5.91 Å². The van der Waals surface area contributed by atoms with Crippen LogP contribution in [0.3, 0.4) is 0 Å². The summed E-state index contributed by atoms with van der Waals surface area (Å²) in [6, 6.07) is 0. The van der Waals surface area contributed by atoms with Crippen LogP contribution in [0.15, 0.2) is 0 Å². The lowest BCUT2D eigenvalue weighted by atomic mass is 9.94. The minimum atomic E-state index is -0.225. The quantitative estimate of drug-likeness (QED) is 0.622. The van der Waals surface area contributed by atoms with Crippen LogP contribution in [0.5, 0.6) is 0 Å². The zero-order valence-electron chi connectivity index (χ0n) is 8.04. The average molecular weight is 185 g/mol. The number of primary amides is 1. The smallest absolute Gasteiger partial charge is 0.231 e. The first kappa shape index (κ1) is 10.5. The summed E-state index contributed by atoms with van der Waals surface area (Å²) in [5, 5.41) is 0. The molecule has 76 valence electrons. The van der Waals surface area contributed by atoms with Gasteiger partial charge >= 0.3 is 0 Å². The minimum Gasteiger partial charge on any atom is -0.369 e. The fourth-order valence-corrected chi connectivity index (χ4v) is 1.89. The zero-order valence-corrected chi connectivity index (χ0v) is 8.04. The third kappa shape index (κ3) is 3.74. The van der Waals surface area contributed by atoms with Gasteiger partial charge in [-0.05, 0) is 44.8 Å². The molecule has 1 aliphatic heterocycles. The molecule has 0 unspecified atom stereocenters. The molecule has 0 aliphatic carbocycles. The van der Waals surface area contributed by atoms with Gasteiger partial charge < -0.3 is 11.5 Å². The lowest BCUT2D eigenvalue weighted by Gasteiger charge is -2.30. The monoisotopic (exact) mass is 185 g/mol. The predicted molar refractivity (Wildman–Crippen MR) is 52.0 cm³/mol. The Kier molecular flexibility index (Phi) is 4.18. The average Bonchev–Trinajstić information content (AvgIpc) is 2.08. The molecule has 0 atom stereocenters. The van der Waals surface area contributed by atoms with Gasteiger partial charge in [-0.3, -0.25) is 9.69 Å². The van der Waals surface area contributed by atoms with E-state index < -0.39 is 0 Å². The van der Waals surface area contributed by atoms with Gasteiger partial charge in [0.1, 0.15) is 0 Å². The van der Waals surface area contributed by atoms with Gasteiger partial charge in [0.15, 0.2) is 0 Å². The Labute approximate surface area is 79.3 Å². The van der Waals surface area contributed by atoms with Crippen molar-refractivity contribution in [1.82, 2.24) is 4.90 Å². The molecule has 4 heteroatoms. The second kappa shape index (κ2) is 5.19. The van der Waals surface area contributed by atoms with Crippen molar-refractivity contribution in [3.8, 4) is 0 Å². The summed E-state index contributed by atoms with van der Waals surface area (Å²) in [4.78, 5) is 12.8. The molecule has 1 aliphatic rings. The molecule has 4 N–H and O–H groups in total. The van der Waals surface area contributed by atoms with Gasteiger partial charge in [0.05, 0.1) is 6.54 Å². The van der Waals surface area contributed by atoms with Gasteiger partial charge in [0.25, 0.3) is 0 Å². The molecule has 1 fully saturated rings. The molecule has 1 amide bonds. The minimum absolute atomic E-state index is 0.225. The van der Waals surface area contributed by atoms with Crippen LogP contribution in [0.1, 0.15) is 19.3 Å². The SMILES string of the molecule is NCCC1CCN(CC(N)=O)CC1. The Balaban J connectivity index is 2.18. The van der Waals surface area contributed by atoms with E-state index in [1.54, 1.807) is 0 Å². The van der Waals surface area contributed by atoms with E-state index in [4.69, 9.17) is 11.5 Å². The fraction of sp³-hybridized carbons (Fsp3) is 0.889. The third-order valence-corrected chi connectivity index (χ3v) is 2.66. The van der Waals surface area contributed by atoms with Crippen LogP contribution in [-0.4, -0.2) is 37.0 Å². The number of nitrogens with zero attached hydrogens (tertiary/aromatic N) is 1. The van der Waals surface area contributed by atoms with E-state index in [0.29, 0.717) is 6.54 Å². The van der Waals surface area contributed by atoms with Crippen LogP contribution >= 0.6 is 0 Å². The summed E-state index contributed by atoms with van der Waals surface area (Å²) >= 11 is 0. The van der Waals surface area contributed by atoms with E-state index in [0.717, 1.165) is 44.8 Å². The Morgan fingerprint density at radius 2 is 2.00 bits per heavy atom. The maximum atomic E-state index is 10.6. The molecule has 0 aromatic carbocycles. The molecule has 0 saturated carbocycles. The first-order valence-corrected chi connectivity index (χ1v) is 4.93. The highest BCUT2D eigenvalue weighted by Crippen LogP contribution is 2.19. The Bertz CT molecular complexity index is 164. The highest BCUT2D eigenvalue weighted by atomic mass is 16.1. The van der Waals surface area contributed by atoms with Gasteiger partial charge in [0, 0.05) is 0 Å². The zero-order chi connectivity index (χ0) is 9.68. The third-order valence-electron chi connectivity index (χ3n) is 2.66. The number of carbonyl (C=O) groups is 1. The molecule has 0 aromatic rings. The number of likely N-dealkylation sites (tertiary alicyclic amines) is 1. The van der Waals surface area contributed by atoms with E-state index in [1.165, 1.54) is 0 Å². The molecular weight excluding hydrogens is 166 g/mol. The summed E-state index contributed by atoms with van der Waals surface area (Å²) in [7, 11) is 0. The lowest BCUT2D eigenvalue weighted by molar-refractivity contribution is -0.119. The van der Waals surface area contributed by atoms with Gasteiger partial charge in [-0.1, -0.05) is 0 Å². The van der Waals surface area contributed by atoms with E-state index in [9.17, 15) is 4.79 Å². The summed E-state index contributed by atoms with van der Waals surface area (Å²) in [5.74, 6) is 0.534. The standard InChI is InChI=1S/C9H19N3O/c10-4-1-8-2-5-12(6-3-8)7-9(11)13/h8H,1-7,10H2,(H2,11,13). The van der Waals surface area contributed by atoms with Crippen molar-refractivity contribution in [2.24, 2.45) is 17.4 Å². The molecule has 1 saturated heterocycles. The van der Waals surface area contributed by atoms with Crippen molar-refractivity contribution in [3.05, 3.63) is 0 Å². The molecule has 0 radical (unpaired) electrons. The van der Waals surface area contributed by atoms with Crippen molar-refractivity contribution in [2.45, 2.75) is 19.3 Å². The summed E-state index contributed by atoms with van der Waals surface area (Å²) in [6.45, 7) is 3.18. The van der Waals surface area contributed by atoms with Crippen LogP contribution < -0.4 is 11.5 Å². The van der Waals surface area contributed by atoms with Crippen molar-refractivity contribution in [2.75, 3.05) is 26.2 Å². The largest absolute Gasteiger partial charge is 0.369 e. The normalized spacial score (nSPS) is 20.4. The van der Waals surface area contributed by atoms with Crippen LogP contribution in [0.4, 0.5) is 0 Å². The number of piperidine rings is 1. The summed E-state index contributed by atoms with van der Waals surface area (Å²) in [5.41, 5.74) is 10.6. The second-order valence-corrected chi connectivity index (χ2v) is 3.76. The maximum Gasteiger partial charge on any atom is 0.231 e. The fourth-order valence-electron chi connectivity index (χ4n) is 1.89. The molecule has 1 heterocycles.